The summed E-state index contributed by atoms with van der Waals surface area (Å²) in [5, 5.41) is 5.15. The average molecular weight is 459 g/mol. The molecular weight excluding hydrogens is 440 g/mol. The zero-order valence-corrected chi connectivity index (χ0v) is 17.7. The summed E-state index contributed by atoms with van der Waals surface area (Å²) in [4.78, 5) is 28.3. The molecule has 2 aromatic carbocycles. The lowest BCUT2D eigenvalue weighted by molar-refractivity contribution is -0.145. The Morgan fingerprint density at radius 1 is 1.07 bits per heavy atom. The fraction of sp³-hybridized carbons (Fsp3) is 0.190. The fourth-order valence-electron chi connectivity index (χ4n) is 2.40. The lowest BCUT2D eigenvalue weighted by atomic mass is 10.1. The number of thiazole rings is 1. The Bertz CT molecular complexity index is 953. The lowest BCUT2D eigenvalue weighted by Gasteiger charge is -2.05. The summed E-state index contributed by atoms with van der Waals surface area (Å²) in [5.41, 5.74) is 3.89. The van der Waals surface area contributed by atoms with Gasteiger partial charge in [-0.3, -0.25) is 9.59 Å². The molecule has 0 atom stereocenters. The van der Waals surface area contributed by atoms with Gasteiger partial charge in [0, 0.05) is 21.8 Å². The summed E-state index contributed by atoms with van der Waals surface area (Å²) in [6.07, 6.45) is 0.0805. The molecule has 3 rings (SSSR count). The number of carbonyl (C=O) groups is 2. The molecule has 0 bridgehead atoms. The van der Waals surface area contributed by atoms with Crippen molar-refractivity contribution in [3.05, 3.63) is 69.5 Å². The van der Waals surface area contributed by atoms with Gasteiger partial charge in [0.15, 0.2) is 5.13 Å². The number of hydrogen-bond acceptors (Lipinski definition) is 5. The Morgan fingerprint density at radius 3 is 2.50 bits per heavy atom. The summed E-state index contributed by atoms with van der Waals surface area (Å²) in [7, 11) is 0. The molecule has 0 unspecified atom stereocenters. The summed E-state index contributed by atoms with van der Waals surface area (Å²) >= 11 is 4.71. The second-order valence-electron chi connectivity index (χ2n) is 6.24. The molecule has 1 heterocycles. The predicted molar refractivity (Wildman–Crippen MR) is 114 cm³/mol. The first-order valence-electron chi connectivity index (χ1n) is 8.72. The Labute approximate surface area is 175 Å². The topological polar surface area (TPSA) is 68.3 Å². The number of rotatable bonds is 7. The van der Waals surface area contributed by atoms with Crippen molar-refractivity contribution < 1.29 is 14.3 Å². The molecule has 0 aliphatic heterocycles. The van der Waals surface area contributed by atoms with Crippen molar-refractivity contribution in [3.8, 4) is 11.3 Å². The van der Waals surface area contributed by atoms with Gasteiger partial charge in [-0.1, -0.05) is 57.9 Å². The van der Waals surface area contributed by atoms with E-state index in [2.05, 4.69) is 26.2 Å². The van der Waals surface area contributed by atoms with Crippen LogP contribution in [0.1, 0.15) is 24.0 Å². The van der Waals surface area contributed by atoms with Gasteiger partial charge in [0.25, 0.3) is 0 Å². The quantitative estimate of drug-likeness (QED) is 0.484. The highest BCUT2D eigenvalue weighted by molar-refractivity contribution is 9.10. The monoisotopic (exact) mass is 458 g/mol. The van der Waals surface area contributed by atoms with Gasteiger partial charge in [0.2, 0.25) is 5.91 Å². The van der Waals surface area contributed by atoms with Crippen LogP contribution >= 0.6 is 27.3 Å². The van der Waals surface area contributed by atoms with E-state index in [1.165, 1.54) is 16.9 Å². The van der Waals surface area contributed by atoms with Gasteiger partial charge in [-0.15, -0.1) is 11.3 Å². The maximum Gasteiger partial charge on any atom is 0.306 e. The van der Waals surface area contributed by atoms with E-state index in [0.717, 1.165) is 21.3 Å². The standard InChI is InChI=1S/C21H19BrN2O3S/c1-14-2-6-16(7-3-14)18-13-28-21(23-18)24-19(25)10-11-20(26)27-12-15-4-8-17(22)9-5-15/h2-9,13H,10-12H2,1H3,(H,23,24,25). The van der Waals surface area contributed by atoms with Crippen LogP contribution in [0.15, 0.2) is 58.4 Å². The largest absolute Gasteiger partial charge is 0.461 e. The van der Waals surface area contributed by atoms with E-state index in [4.69, 9.17) is 4.74 Å². The van der Waals surface area contributed by atoms with E-state index >= 15 is 0 Å². The summed E-state index contributed by atoms with van der Waals surface area (Å²) < 4.78 is 6.16. The van der Waals surface area contributed by atoms with Crippen molar-refractivity contribution in [3.63, 3.8) is 0 Å². The van der Waals surface area contributed by atoms with Crippen molar-refractivity contribution in [2.75, 3.05) is 5.32 Å². The number of benzene rings is 2. The maximum absolute atomic E-state index is 12.1. The number of halogens is 1. The van der Waals surface area contributed by atoms with Crippen molar-refractivity contribution in [1.29, 1.82) is 0 Å². The molecule has 0 fully saturated rings. The Balaban J connectivity index is 1.43. The van der Waals surface area contributed by atoms with Gasteiger partial charge in [-0.05, 0) is 24.6 Å². The van der Waals surface area contributed by atoms with Crippen molar-refractivity contribution in [2.24, 2.45) is 0 Å². The molecule has 0 saturated heterocycles. The SMILES string of the molecule is Cc1ccc(-c2csc(NC(=O)CCC(=O)OCc3ccc(Br)cc3)n2)cc1. The minimum atomic E-state index is -0.405. The van der Waals surface area contributed by atoms with E-state index in [9.17, 15) is 9.59 Å². The third-order valence-corrected chi connectivity index (χ3v) is 5.25. The Morgan fingerprint density at radius 2 is 1.79 bits per heavy atom. The molecule has 3 aromatic rings. The smallest absolute Gasteiger partial charge is 0.306 e. The molecule has 144 valence electrons. The number of esters is 1. The maximum atomic E-state index is 12.1. The molecule has 0 saturated carbocycles. The van der Waals surface area contributed by atoms with Crippen LogP contribution in [0.2, 0.25) is 0 Å². The minimum absolute atomic E-state index is 0.0263. The lowest BCUT2D eigenvalue weighted by Crippen LogP contribution is -2.14. The highest BCUT2D eigenvalue weighted by Crippen LogP contribution is 2.25. The van der Waals surface area contributed by atoms with Crippen LogP contribution in [-0.4, -0.2) is 16.9 Å². The van der Waals surface area contributed by atoms with Gasteiger partial charge in [0.1, 0.15) is 6.61 Å². The van der Waals surface area contributed by atoms with Crippen molar-refractivity contribution in [1.82, 2.24) is 4.98 Å². The number of carbonyl (C=O) groups excluding carboxylic acids is 2. The molecule has 7 heteroatoms. The number of nitrogens with one attached hydrogen (secondary N) is 1. The third-order valence-electron chi connectivity index (χ3n) is 3.97. The van der Waals surface area contributed by atoms with Crippen LogP contribution in [0.3, 0.4) is 0 Å². The number of anilines is 1. The minimum Gasteiger partial charge on any atom is -0.461 e. The summed E-state index contributed by atoms with van der Waals surface area (Å²) in [5.74, 6) is -0.664. The molecule has 0 radical (unpaired) electrons. The molecule has 0 spiro atoms. The van der Waals surface area contributed by atoms with Gasteiger partial charge in [0.05, 0.1) is 12.1 Å². The number of nitrogens with zero attached hydrogens (tertiary/aromatic N) is 1. The van der Waals surface area contributed by atoms with Gasteiger partial charge in [-0.25, -0.2) is 4.98 Å². The number of aryl methyl sites for hydroxylation is 1. The Hall–Kier alpha value is -2.51. The van der Waals surface area contributed by atoms with Gasteiger partial charge >= 0.3 is 5.97 Å². The normalized spacial score (nSPS) is 10.5. The van der Waals surface area contributed by atoms with Crippen molar-refractivity contribution >= 4 is 44.3 Å². The summed E-state index contributed by atoms with van der Waals surface area (Å²) in [6.45, 7) is 2.22. The highest BCUT2D eigenvalue weighted by Gasteiger charge is 2.11. The number of aromatic nitrogens is 1. The zero-order valence-electron chi connectivity index (χ0n) is 15.3. The predicted octanol–water partition coefficient (Wildman–Crippen LogP) is 5.34. The first kappa shape index (κ1) is 20.2. The second-order valence-corrected chi connectivity index (χ2v) is 8.01. The zero-order chi connectivity index (χ0) is 19.9. The molecule has 28 heavy (non-hydrogen) atoms. The molecule has 5 nitrogen and oxygen atoms in total. The average Bonchev–Trinajstić information content (AvgIpc) is 3.15. The molecular formula is C21H19BrN2O3S. The van der Waals surface area contributed by atoms with Crippen molar-refractivity contribution in [2.45, 2.75) is 26.4 Å². The highest BCUT2D eigenvalue weighted by atomic mass is 79.9. The van der Waals surface area contributed by atoms with Crippen LogP contribution in [-0.2, 0) is 20.9 Å². The van der Waals surface area contributed by atoms with E-state index < -0.39 is 5.97 Å². The van der Waals surface area contributed by atoms with Gasteiger partial charge in [-0.2, -0.15) is 0 Å². The number of ether oxygens (including phenoxy) is 1. The Kier molecular flexibility index (Phi) is 6.95. The fourth-order valence-corrected chi connectivity index (χ4v) is 3.40. The number of hydrogen-bond donors (Lipinski definition) is 1. The third kappa shape index (κ3) is 6.00. The number of amides is 1. The molecule has 0 aliphatic carbocycles. The summed E-state index contributed by atoms with van der Waals surface area (Å²) in [6, 6.07) is 15.6. The van der Waals surface area contributed by atoms with E-state index in [1.54, 1.807) is 0 Å². The molecule has 1 aromatic heterocycles. The van der Waals surface area contributed by atoms with E-state index in [-0.39, 0.29) is 25.4 Å². The van der Waals surface area contributed by atoms with Crippen LogP contribution in [0.25, 0.3) is 11.3 Å². The van der Waals surface area contributed by atoms with Crippen LogP contribution < -0.4 is 5.32 Å². The first-order chi connectivity index (χ1) is 13.5. The molecule has 0 aliphatic rings. The van der Waals surface area contributed by atoms with Crippen LogP contribution in [0, 0.1) is 6.92 Å². The van der Waals surface area contributed by atoms with Gasteiger partial charge < -0.3 is 10.1 Å². The van der Waals surface area contributed by atoms with E-state index in [0.29, 0.717) is 5.13 Å². The van der Waals surface area contributed by atoms with Crippen LogP contribution in [0.4, 0.5) is 5.13 Å². The van der Waals surface area contributed by atoms with Crippen LogP contribution in [0.5, 0.6) is 0 Å². The second kappa shape index (κ2) is 9.61. The van der Waals surface area contributed by atoms with E-state index in [1.807, 2.05) is 60.8 Å². The molecule has 1 N–H and O–H groups in total. The first-order valence-corrected chi connectivity index (χ1v) is 10.4. The molecule has 1 amide bonds.